The molecule has 3 aromatic carbocycles. The summed E-state index contributed by atoms with van der Waals surface area (Å²) in [7, 11) is 11.7. The molecule has 0 bridgehead atoms. The first kappa shape index (κ1) is 47.8. The zero-order chi connectivity index (χ0) is 41.6. The van der Waals surface area contributed by atoms with Gasteiger partial charge >= 0.3 is 73.4 Å². The molecule has 1 saturated heterocycles. The molecule has 1 aliphatic heterocycles. The van der Waals surface area contributed by atoms with Gasteiger partial charge in [-0.1, -0.05) is 157 Å². The van der Waals surface area contributed by atoms with Crippen LogP contribution in [0.3, 0.4) is 0 Å². The molecule has 3 saturated carbocycles. The molecule has 0 spiro atoms. The van der Waals surface area contributed by atoms with E-state index in [1.807, 2.05) is 34.9 Å². The molecule has 4 aliphatic rings. The van der Waals surface area contributed by atoms with Crippen LogP contribution in [0.2, 0.25) is 0 Å². The first-order valence-corrected chi connectivity index (χ1v) is 30.3. The van der Waals surface area contributed by atoms with Gasteiger partial charge in [0.1, 0.15) is 0 Å². The number of benzene rings is 3. The first-order chi connectivity index (χ1) is 28.0. The van der Waals surface area contributed by atoms with Crippen molar-refractivity contribution in [2.75, 3.05) is 22.9 Å². The maximum atomic E-state index is 5.67. The standard InChI is InChI=1S/C27H39N2.C18H33P.C7H6.2ClH.Ru/c1-18(2)22-11-9-12-23(19(3)4)26(22)28-15-16-29(17-28)27-24(20(5)6)13-10-14-25(27)21(7)8;1-4-10-16(11-5-1)19(17-12-6-2-7-13-17)18-14-8-3-9-15-18;1-7-5-3-2-4-6-7;;;/h9-14,17-21H,15-16H2,1-8H3;16-18H,1-15H2;1-6H;2*1H;/q-1;;;;;+2/p-2. The van der Waals surface area contributed by atoms with E-state index in [0.29, 0.717) is 31.6 Å². The number of para-hydroxylation sites is 2. The zero-order valence-corrected chi connectivity index (χ0v) is 41.7. The topological polar surface area (TPSA) is 6.48 Å². The Balaban J connectivity index is 0.000000188. The fraction of sp³-hybridized carbons (Fsp3) is 0.615. The van der Waals surface area contributed by atoms with Gasteiger partial charge < -0.3 is 9.80 Å². The Morgan fingerprint density at radius 1 is 0.500 bits per heavy atom. The predicted molar refractivity (Wildman–Crippen MR) is 259 cm³/mol. The second-order valence-corrected chi connectivity index (χ2v) is 27.5. The van der Waals surface area contributed by atoms with Crippen molar-refractivity contribution in [2.45, 2.75) is 192 Å². The molecule has 7 rings (SSSR count). The van der Waals surface area contributed by atoms with Crippen molar-refractivity contribution < 1.29 is 13.5 Å². The number of rotatable bonds is 10. The van der Waals surface area contributed by atoms with Crippen LogP contribution in [0, 0.1) is 6.67 Å². The Morgan fingerprint density at radius 3 is 1.12 bits per heavy atom. The summed E-state index contributed by atoms with van der Waals surface area (Å²) in [5.74, 6) is 2.06. The summed E-state index contributed by atoms with van der Waals surface area (Å²) < 4.78 is 1.92. The summed E-state index contributed by atoms with van der Waals surface area (Å²) in [6, 6.07) is 23.6. The molecule has 3 aliphatic carbocycles. The molecular formula is C52H78Cl2N2PRu-. The Labute approximate surface area is 370 Å². The average Bonchev–Trinajstić information content (AvgIpc) is 3.72. The van der Waals surface area contributed by atoms with E-state index >= 15 is 0 Å². The third-order valence-corrected chi connectivity index (χ3v) is 19.1. The van der Waals surface area contributed by atoms with Gasteiger partial charge in [-0.25, -0.2) is 0 Å². The fourth-order valence-electron chi connectivity index (χ4n) is 10.2. The van der Waals surface area contributed by atoms with E-state index in [4.69, 9.17) is 19.4 Å². The molecule has 0 aromatic heterocycles. The zero-order valence-electron chi connectivity index (χ0n) is 37.5. The fourth-order valence-corrected chi connectivity index (χ4v) is 16.7. The van der Waals surface area contributed by atoms with Crippen molar-refractivity contribution in [3.8, 4) is 0 Å². The SMILES string of the molecule is C1CCC(P(C2CCCCC2)C2CCCCC2)CC1.CC(C)c1cccc(C(C)C)c1N1[CH-]N(c2c(C(C)C)cccc2C(C)C)CC1.[Cl][Ru]([Cl])=[CH]c1ccccc1. The summed E-state index contributed by atoms with van der Waals surface area (Å²) in [6.07, 6.45) is 23.6. The van der Waals surface area contributed by atoms with E-state index in [9.17, 15) is 0 Å². The molecule has 58 heavy (non-hydrogen) atoms. The summed E-state index contributed by atoms with van der Waals surface area (Å²) >= 11 is -1.61. The number of halogens is 2. The van der Waals surface area contributed by atoms with E-state index < -0.39 is 13.5 Å². The minimum atomic E-state index is -1.61. The van der Waals surface area contributed by atoms with Crippen molar-refractivity contribution in [3.63, 3.8) is 0 Å². The van der Waals surface area contributed by atoms with Crippen molar-refractivity contribution in [3.05, 3.63) is 101 Å². The Bertz CT molecular complexity index is 1500. The van der Waals surface area contributed by atoms with Gasteiger partial charge in [0.15, 0.2) is 0 Å². The molecule has 324 valence electrons. The summed E-state index contributed by atoms with van der Waals surface area (Å²) in [6.45, 7) is 22.9. The minimum absolute atomic E-state index is 0.385. The molecule has 2 nitrogen and oxygen atoms in total. The van der Waals surface area contributed by atoms with Crippen LogP contribution in [0.5, 0.6) is 0 Å². The van der Waals surface area contributed by atoms with Crippen LogP contribution < -0.4 is 9.80 Å². The molecular weight excluding hydrogens is 856 g/mol. The Kier molecular flexibility index (Phi) is 20.1. The third-order valence-electron chi connectivity index (χ3n) is 13.1. The van der Waals surface area contributed by atoms with Crippen LogP contribution in [0.25, 0.3) is 0 Å². The normalized spacial score (nSPS) is 18.8. The number of hydrogen-bond donors (Lipinski definition) is 0. The third kappa shape index (κ3) is 13.6. The van der Waals surface area contributed by atoms with Gasteiger partial charge in [0.05, 0.1) is 0 Å². The molecule has 3 aromatic rings. The second-order valence-electron chi connectivity index (χ2n) is 18.7. The maximum absolute atomic E-state index is 5.67. The van der Waals surface area contributed by atoms with E-state index in [1.54, 1.807) is 77.0 Å². The van der Waals surface area contributed by atoms with Crippen LogP contribution in [-0.2, 0) is 13.5 Å². The first-order valence-electron chi connectivity index (χ1n) is 23.3. The van der Waals surface area contributed by atoms with E-state index in [2.05, 4.69) is 108 Å². The van der Waals surface area contributed by atoms with E-state index in [1.165, 1.54) is 69.9 Å². The van der Waals surface area contributed by atoms with Crippen LogP contribution in [0.1, 0.15) is 203 Å². The predicted octanol–water partition coefficient (Wildman–Crippen LogP) is 16.9. The molecule has 0 amide bonds. The van der Waals surface area contributed by atoms with Crippen LogP contribution in [-0.4, -0.2) is 34.7 Å². The van der Waals surface area contributed by atoms with Gasteiger partial charge in [0.2, 0.25) is 0 Å². The quantitative estimate of drug-likeness (QED) is 0.114. The van der Waals surface area contributed by atoms with Crippen molar-refractivity contribution in [1.29, 1.82) is 0 Å². The van der Waals surface area contributed by atoms with Crippen molar-refractivity contribution >= 4 is 43.3 Å². The number of hydrogen-bond acceptors (Lipinski definition) is 2. The molecule has 4 fully saturated rings. The van der Waals surface area contributed by atoms with Gasteiger partial charge in [0.25, 0.3) is 0 Å². The molecule has 0 unspecified atom stereocenters. The van der Waals surface area contributed by atoms with Crippen molar-refractivity contribution in [1.82, 2.24) is 0 Å². The van der Waals surface area contributed by atoms with Gasteiger partial charge in [0, 0.05) is 24.5 Å². The van der Waals surface area contributed by atoms with E-state index in [-0.39, 0.29) is 0 Å². The van der Waals surface area contributed by atoms with Crippen LogP contribution in [0.15, 0.2) is 66.7 Å². The molecule has 0 N–H and O–H groups in total. The van der Waals surface area contributed by atoms with Crippen LogP contribution >= 0.6 is 27.3 Å². The monoisotopic (exact) mass is 933 g/mol. The molecule has 1 heterocycles. The summed E-state index contributed by atoms with van der Waals surface area (Å²) in [5.41, 5.74) is 13.4. The van der Waals surface area contributed by atoms with Crippen molar-refractivity contribution in [2.24, 2.45) is 0 Å². The molecule has 0 atom stereocenters. The van der Waals surface area contributed by atoms with Gasteiger partial charge in [-0.05, 0) is 101 Å². The second kappa shape index (κ2) is 24.4. The number of nitrogens with zero attached hydrogens (tertiary/aromatic N) is 2. The summed E-state index contributed by atoms with van der Waals surface area (Å²) in [5, 5.41) is 0. The Hall–Kier alpha value is -1.24. The number of anilines is 2. The molecule has 0 radical (unpaired) electrons. The van der Waals surface area contributed by atoms with Gasteiger partial charge in [-0.15, -0.1) is 0 Å². The van der Waals surface area contributed by atoms with Gasteiger partial charge in [-0.2, -0.15) is 6.67 Å². The molecule has 6 heteroatoms. The van der Waals surface area contributed by atoms with Gasteiger partial charge in [-0.3, -0.25) is 0 Å². The average molecular weight is 934 g/mol. The van der Waals surface area contributed by atoms with Crippen LogP contribution in [0.4, 0.5) is 11.4 Å². The Morgan fingerprint density at radius 2 is 0.828 bits per heavy atom. The van der Waals surface area contributed by atoms with E-state index in [0.717, 1.165) is 18.7 Å². The summed E-state index contributed by atoms with van der Waals surface area (Å²) in [4.78, 5) is 5.01.